The first-order valence-electron chi connectivity index (χ1n) is 7.46. The van der Waals surface area contributed by atoms with Crippen molar-refractivity contribution in [2.75, 3.05) is 18.6 Å². The first-order chi connectivity index (χ1) is 10.8. The maximum atomic E-state index is 5.31. The Morgan fingerprint density at radius 2 is 2.00 bits per heavy atom. The highest BCUT2D eigenvalue weighted by molar-refractivity contribution is 5.91. The van der Waals surface area contributed by atoms with E-state index < -0.39 is 0 Å². The van der Waals surface area contributed by atoms with Crippen LogP contribution in [0.25, 0.3) is 10.8 Å². The highest BCUT2D eigenvalue weighted by Crippen LogP contribution is 2.29. The number of benzene rings is 2. The van der Waals surface area contributed by atoms with Crippen LogP contribution >= 0.6 is 0 Å². The molecule has 1 aliphatic heterocycles. The third-order valence-corrected chi connectivity index (χ3v) is 4.28. The van der Waals surface area contributed by atoms with Gasteiger partial charge in [0.2, 0.25) is 0 Å². The predicted molar refractivity (Wildman–Crippen MR) is 87.3 cm³/mol. The summed E-state index contributed by atoms with van der Waals surface area (Å²) >= 11 is 0. The van der Waals surface area contributed by atoms with E-state index >= 15 is 0 Å². The van der Waals surface area contributed by atoms with Gasteiger partial charge in [0.05, 0.1) is 13.3 Å². The zero-order chi connectivity index (χ0) is 14.9. The van der Waals surface area contributed by atoms with Gasteiger partial charge in [0.1, 0.15) is 5.75 Å². The molecule has 0 radical (unpaired) electrons. The molecule has 0 amide bonds. The summed E-state index contributed by atoms with van der Waals surface area (Å²) in [7, 11) is 1.71. The number of methoxy groups -OCH3 is 1. The third-order valence-electron chi connectivity index (χ3n) is 4.28. The average molecular weight is 291 g/mol. The highest BCUT2D eigenvalue weighted by Gasteiger charge is 2.19. The second-order valence-electron chi connectivity index (χ2n) is 5.56. The molecule has 22 heavy (non-hydrogen) atoms. The largest absolute Gasteiger partial charge is 0.497 e. The Labute approximate surface area is 129 Å². The molecule has 0 bridgehead atoms. The fraction of sp³-hybridized carbons (Fsp3) is 0.222. The maximum Gasteiger partial charge on any atom is 0.159 e. The molecule has 110 valence electrons. The molecule has 0 saturated heterocycles. The average Bonchev–Trinajstić information content (AvgIpc) is 2.60. The van der Waals surface area contributed by atoms with E-state index in [2.05, 4.69) is 45.4 Å². The van der Waals surface area contributed by atoms with Crippen molar-refractivity contribution in [1.29, 1.82) is 0 Å². The summed E-state index contributed by atoms with van der Waals surface area (Å²) in [6, 6.07) is 14.6. The van der Waals surface area contributed by atoms with Gasteiger partial charge in [-0.2, -0.15) is 5.10 Å². The van der Waals surface area contributed by atoms with Crippen molar-refractivity contribution in [3.63, 3.8) is 0 Å². The minimum Gasteiger partial charge on any atom is -0.497 e. The van der Waals surface area contributed by atoms with Crippen molar-refractivity contribution in [1.82, 2.24) is 10.2 Å². The summed E-state index contributed by atoms with van der Waals surface area (Å²) < 4.78 is 5.31. The van der Waals surface area contributed by atoms with Crippen molar-refractivity contribution < 1.29 is 4.74 Å². The van der Waals surface area contributed by atoms with Crippen LogP contribution in [0.15, 0.2) is 48.7 Å². The second kappa shape index (κ2) is 5.30. The molecule has 0 aliphatic carbocycles. The van der Waals surface area contributed by atoms with Gasteiger partial charge in [-0.25, -0.2) is 0 Å². The monoisotopic (exact) mass is 291 g/mol. The SMILES string of the molecule is COc1ccc2c(c1)CCN(c1nncc3ccccc13)C2. The van der Waals surface area contributed by atoms with Crippen molar-refractivity contribution >= 4 is 16.6 Å². The quantitative estimate of drug-likeness (QED) is 0.727. The van der Waals surface area contributed by atoms with Crippen LogP contribution in [-0.2, 0) is 13.0 Å². The zero-order valence-electron chi connectivity index (χ0n) is 12.5. The first kappa shape index (κ1) is 13.1. The zero-order valence-corrected chi connectivity index (χ0v) is 12.5. The summed E-state index contributed by atoms with van der Waals surface area (Å²) in [5.41, 5.74) is 2.70. The Kier molecular flexibility index (Phi) is 3.15. The van der Waals surface area contributed by atoms with E-state index in [1.165, 1.54) is 11.1 Å². The molecule has 2 aromatic carbocycles. The minimum absolute atomic E-state index is 0.863. The Bertz CT molecular complexity index is 826. The van der Waals surface area contributed by atoms with E-state index in [4.69, 9.17) is 4.74 Å². The van der Waals surface area contributed by atoms with Crippen molar-refractivity contribution in [3.05, 3.63) is 59.8 Å². The van der Waals surface area contributed by atoms with Crippen LogP contribution in [0.4, 0.5) is 5.82 Å². The first-order valence-corrected chi connectivity index (χ1v) is 7.46. The van der Waals surface area contributed by atoms with Gasteiger partial charge in [-0.3, -0.25) is 0 Å². The molecule has 0 spiro atoms. The van der Waals surface area contributed by atoms with E-state index in [0.717, 1.165) is 41.9 Å². The second-order valence-corrected chi connectivity index (χ2v) is 5.56. The van der Waals surface area contributed by atoms with Gasteiger partial charge >= 0.3 is 0 Å². The Balaban J connectivity index is 1.72. The molecular formula is C18H17N3O. The molecule has 0 saturated carbocycles. The van der Waals surface area contributed by atoms with Gasteiger partial charge < -0.3 is 9.64 Å². The molecule has 1 aliphatic rings. The summed E-state index contributed by atoms with van der Waals surface area (Å²) in [6.07, 6.45) is 2.82. The summed E-state index contributed by atoms with van der Waals surface area (Å²) in [4.78, 5) is 2.31. The molecular weight excluding hydrogens is 274 g/mol. The molecule has 2 heterocycles. The number of rotatable bonds is 2. The molecule has 4 nitrogen and oxygen atoms in total. The van der Waals surface area contributed by atoms with Gasteiger partial charge in [-0.15, -0.1) is 5.10 Å². The van der Waals surface area contributed by atoms with Crippen LogP contribution in [0, 0.1) is 0 Å². The van der Waals surface area contributed by atoms with E-state index in [1.807, 2.05) is 18.3 Å². The molecule has 0 fully saturated rings. The Hall–Kier alpha value is -2.62. The molecule has 0 N–H and O–H groups in total. The van der Waals surface area contributed by atoms with Crippen molar-refractivity contribution in [2.24, 2.45) is 0 Å². The van der Waals surface area contributed by atoms with Crippen LogP contribution in [-0.4, -0.2) is 23.9 Å². The number of hydrogen-bond donors (Lipinski definition) is 0. The molecule has 1 aromatic heterocycles. The van der Waals surface area contributed by atoms with Gasteiger partial charge in [0, 0.05) is 23.9 Å². The van der Waals surface area contributed by atoms with E-state index in [-0.39, 0.29) is 0 Å². The molecule has 3 aromatic rings. The summed E-state index contributed by atoms with van der Waals surface area (Å²) in [6.45, 7) is 1.81. The van der Waals surface area contributed by atoms with Gasteiger partial charge in [-0.1, -0.05) is 30.3 Å². The summed E-state index contributed by atoms with van der Waals surface area (Å²) in [5, 5.41) is 10.8. The number of ether oxygens (including phenoxy) is 1. The van der Waals surface area contributed by atoms with Crippen LogP contribution in [0.1, 0.15) is 11.1 Å². The van der Waals surface area contributed by atoms with Crippen LogP contribution in [0.5, 0.6) is 5.75 Å². The van der Waals surface area contributed by atoms with Crippen LogP contribution in [0.3, 0.4) is 0 Å². The topological polar surface area (TPSA) is 38.2 Å². The lowest BCUT2D eigenvalue weighted by atomic mass is 9.99. The lowest BCUT2D eigenvalue weighted by Crippen LogP contribution is -2.31. The lowest BCUT2D eigenvalue weighted by Gasteiger charge is -2.30. The van der Waals surface area contributed by atoms with Crippen molar-refractivity contribution in [3.8, 4) is 5.75 Å². The Morgan fingerprint density at radius 1 is 1.09 bits per heavy atom. The molecule has 0 unspecified atom stereocenters. The smallest absolute Gasteiger partial charge is 0.159 e. The molecule has 0 atom stereocenters. The van der Waals surface area contributed by atoms with E-state index in [0.29, 0.717) is 0 Å². The van der Waals surface area contributed by atoms with E-state index in [1.54, 1.807) is 7.11 Å². The van der Waals surface area contributed by atoms with Crippen LogP contribution in [0.2, 0.25) is 0 Å². The molecule has 4 heteroatoms. The number of fused-ring (bicyclic) bond motifs is 2. The third kappa shape index (κ3) is 2.17. The lowest BCUT2D eigenvalue weighted by molar-refractivity contribution is 0.413. The van der Waals surface area contributed by atoms with Gasteiger partial charge in [0.25, 0.3) is 0 Å². The normalized spacial score (nSPS) is 14.0. The number of anilines is 1. The molecule has 4 rings (SSSR count). The predicted octanol–water partition coefficient (Wildman–Crippen LogP) is 3.20. The minimum atomic E-state index is 0.863. The van der Waals surface area contributed by atoms with Crippen LogP contribution < -0.4 is 9.64 Å². The fourth-order valence-corrected chi connectivity index (χ4v) is 3.08. The maximum absolute atomic E-state index is 5.31. The number of nitrogens with zero attached hydrogens (tertiary/aromatic N) is 3. The van der Waals surface area contributed by atoms with Gasteiger partial charge in [0.15, 0.2) is 5.82 Å². The Morgan fingerprint density at radius 3 is 2.91 bits per heavy atom. The van der Waals surface area contributed by atoms with E-state index in [9.17, 15) is 0 Å². The fourth-order valence-electron chi connectivity index (χ4n) is 3.08. The number of aromatic nitrogens is 2. The van der Waals surface area contributed by atoms with Crippen molar-refractivity contribution in [2.45, 2.75) is 13.0 Å². The summed E-state index contributed by atoms with van der Waals surface area (Å²) in [5.74, 6) is 1.90. The van der Waals surface area contributed by atoms with Gasteiger partial charge in [-0.05, 0) is 29.7 Å². The standard InChI is InChI=1S/C18H17N3O/c1-22-16-7-6-15-12-21(9-8-13(15)10-16)18-17-5-3-2-4-14(17)11-19-20-18/h2-7,10-11H,8-9,12H2,1H3. The highest BCUT2D eigenvalue weighted by atomic mass is 16.5. The number of hydrogen-bond acceptors (Lipinski definition) is 4.